The Hall–Kier alpha value is -3.53. The van der Waals surface area contributed by atoms with Crippen LogP contribution in [0.2, 0.25) is 0 Å². The second kappa shape index (κ2) is 9.95. The zero-order valence-corrected chi connectivity index (χ0v) is 19.4. The predicted octanol–water partition coefficient (Wildman–Crippen LogP) is 3.85. The Balaban J connectivity index is 1.51. The molecule has 1 heterocycles. The number of hydrogen-bond acceptors (Lipinski definition) is 7. The Kier molecular flexibility index (Phi) is 6.83. The van der Waals surface area contributed by atoms with Crippen LogP contribution in [0.4, 0.5) is 11.4 Å². The highest BCUT2D eigenvalue weighted by atomic mass is 32.2. The van der Waals surface area contributed by atoms with E-state index < -0.39 is 0 Å². The lowest BCUT2D eigenvalue weighted by atomic mass is 10.2. The molecule has 10 heteroatoms. The maximum absolute atomic E-state index is 12.6. The molecule has 2 N–H and O–H groups in total. The van der Waals surface area contributed by atoms with Crippen molar-refractivity contribution in [2.75, 3.05) is 30.6 Å². The van der Waals surface area contributed by atoms with Gasteiger partial charge in [-0.3, -0.25) is 14.2 Å². The second-order valence-corrected chi connectivity index (χ2v) is 8.56. The van der Waals surface area contributed by atoms with E-state index in [-0.39, 0.29) is 17.6 Å². The fraction of sp³-hybridized carbons (Fsp3) is 0.304. The minimum absolute atomic E-state index is 0.140. The van der Waals surface area contributed by atoms with Crippen molar-refractivity contribution in [3.63, 3.8) is 0 Å². The number of carbonyl (C=O) groups is 2. The van der Waals surface area contributed by atoms with Gasteiger partial charge in [-0.15, -0.1) is 10.2 Å². The molecule has 1 saturated carbocycles. The molecular formula is C23H25N5O4S. The summed E-state index contributed by atoms with van der Waals surface area (Å²) >= 11 is 1.30. The number of ether oxygens (including phenoxy) is 2. The zero-order chi connectivity index (χ0) is 23.4. The van der Waals surface area contributed by atoms with E-state index in [1.165, 1.54) is 18.7 Å². The van der Waals surface area contributed by atoms with Crippen molar-refractivity contribution < 1.29 is 19.1 Å². The van der Waals surface area contributed by atoms with Crippen LogP contribution in [0.15, 0.2) is 47.6 Å². The van der Waals surface area contributed by atoms with Gasteiger partial charge in [-0.05, 0) is 31.0 Å². The van der Waals surface area contributed by atoms with Crippen LogP contribution in [0.3, 0.4) is 0 Å². The molecule has 4 rings (SSSR count). The van der Waals surface area contributed by atoms with E-state index >= 15 is 0 Å². The molecule has 0 atom stereocenters. The van der Waals surface area contributed by atoms with Gasteiger partial charge in [0.1, 0.15) is 17.3 Å². The minimum atomic E-state index is -0.190. The molecule has 2 amide bonds. The quantitative estimate of drug-likeness (QED) is 0.460. The molecule has 0 aliphatic heterocycles. The van der Waals surface area contributed by atoms with Crippen molar-refractivity contribution in [2.45, 2.75) is 30.8 Å². The summed E-state index contributed by atoms with van der Waals surface area (Å²) < 4.78 is 12.5. The highest BCUT2D eigenvalue weighted by Crippen LogP contribution is 2.41. The van der Waals surface area contributed by atoms with Crippen LogP contribution in [-0.4, -0.2) is 46.6 Å². The average Bonchev–Trinajstić information content (AvgIpc) is 3.56. The highest BCUT2D eigenvalue weighted by molar-refractivity contribution is 7.99. The topological polar surface area (TPSA) is 107 Å². The predicted molar refractivity (Wildman–Crippen MR) is 127 cm³/mol. The smallest absolute Gasteiger partial charge is 0.234 e. The van der Waals surface area contributed by atoms with E-state index in [0.717, 1.165) is 24.4 Å². The lowest BCUT2D eigenvalue weighted by molar-refractivity contribution is -0.114. The molecule has 1 aromatic heterocycles. The first-order valence-electron chi connectivity index (χ1n) is 10.5. The van der Waals surface area contributed by atoms with Crippen molar-refractivity contribution in [3.05, 3.63) is 48.3 Å². The monoisotopic (exact) mass is 467 g/mol. The van der Waals surface area contributed by atoms with Gasteiger partial charge in [-0.1, -0.05) is 17.8 Å². The highest BCUT2D eigenvalue weighted by Gasteiger charge is 2.31. The molecule has 1 aliphatic rings. The summed E-state index contributed by atoms with van der Waals surface area (Å²) in [6.07, 6.45) is 2.12. The van der Waals surface area contributed by atoms with Gasteiger partial charge < -0.3 is 20.1 Å². The summed E-state index contributed by atoms with van der Waals surface area (Å²) in [6, 6.07) is 12.7. The second-order valence-electron chi connectivity index (χ2n) is 7.62. The number of hydrogen-bond donors (Lipinski definition) is 2. The van der Waals surface area contributed by atoms with E-state index in [1.54, 1.807) is 32.4 Å². The van der Waals surface area contributed by atoms with Gasteiger partial charge in [-0.2, -0.15) is 0 Å². The van der Waals surface area contributed by atoms with Crippen LogP contribution in [0.5, 0.6) is 11.5 Å². The van der Waals surface area contributed by atoms with Crippen LogP contribution in [0, 0.1) is 0 Å². The van der Waals surface area contributed by atoms with Gasteiger partial charge >= 0.3 is 0 Å². The maximum Gasteiger partial charge on any atom is 0.234 e. The van der Waals surface area contributed by atoms with Gasteiger partial charge in [-0.25, -0.2) is 0 Å². The van der Waals surface area contributed by atoms with Crippen molar-refractivity contribution in [1.29, 1.82) is 0 Å². The number of rotatable bonds is 9. The molecule has 172 valence electrons. The first-order valence-corrected chi connectivity index (χ1v) is 11.4. The third-order valence-electron chi connectivity index (χ3n) is 4.99. The Morgan fingerprint density at radius 3 is 2.39 bits per heavy atom. The number of nitrogens with one attached hydrogen (secondary N) is 2. The van der Waals surface area contributed by atoms with Gasteiger partial charge in [0, 0.05) is 42.4 Å². The number of nitrogens with zero attached hydrogens (tertiary/aromatic N) is 3. The van der Waals surface area contributed by atoms with Crippen LogP contribution < -0.4 is 20.1 Å². The van der Waals surface area contributed by atoms with E-state index in [4.69, 9.17) is 9.47 Å². The van der Waals surface area contributed by atoms with Crippen LogP contribution in [0.25, 0.3) is 5.69 Å². The summed E-state index contributed by atoms with van der Waals surface area (Å²) in [5.74, 6) is 2.22. The summed E-state index contributed by atoms with van der Waals surface area (Å²) in [7, 11) is 3.11. The van der Waals surface area contributed by atoms with Gasteiger partial charge in [0.05, 0.1) is 25.7 Å². The largest absolute Gasteiger partial charge is 0.497 e. The number of thioether (sulfide) groups is 1. The first-order chi connectivity index (χ1) is 16.0. The summed E-state index contributed by atoms with van der Waals surface area (Å²) in [5, 5.41) is 15.0. The summed E-state index contributed by atoms with van der Waals surface area (Å²) in [4.78, 5) is 24.1. The number of benzene rings is 2. The molecule has 0 radical (unpaired) electrons. The standard InChI is InChI=1S/C23H25N5O4S/c1-14(29)24-16-5-4-6-18(9-16)28-22(15-7-8-15)26-27-23(28)33-13-21(30)25-17-10-19(31-2)12-20(11-17)32-3/h4-6,9-12,15H,7-8,13H2,1-3H3,(H,24,29)(H,25,30). The van der Waals surface area contributed by atoms with Crippen molar-refractivity contribution >= 4 is 35.0 Å². The van der Waals surface area contributed by atoms with Crippen LogP contribution in [0.1, 0.15) is 31.5 Å². The molecule has 0 unspecified atom stereocenters. The van der Waals surface area contributed by atoms with E-state index in [0.29, 0.717) is 33.9 Å². The van der Waals surface area contributed by atoms with E-state index in [2.05, 4.69) is 20.8 Å². The molecule has 1 aliphatic carbocycles. The summed E-state index contributed by atoms with van der Waals surface area (Å²) in [6.45, 7) is 1.47. The Morgan fingerprint density at radius 1 is 1.03 bits per heavy atom. The van der Waals surface area contributed by atoms with Gasteiger partial charge in [0.25, 0.3) is 0 Å². The molecule has 0 bridgehead atoms. The number of carbonyl (C=O) groups excluding carboxylic acids is 2. The molecule has 0 saturated heterocycles. The SMILES string of the molecule is COc1cc(NC(=O)CSc2nnc(C3CC3)n2-c2cccc(NC(C)=O)c2)cc(OC)c1. The Morgan fingerprint density at radius 2 is 1.76 bits per heavy atom. The maximum atomic E-state index is 12.6. The normalized spacial score (nSPS) is 12.8. The zero-order valence-electron chi connectivity index (χ0n) is 18.6. The number of aromatic nitrogens is 3. The van der Waals surface area contributed by atoms with Crippen LogP contribution >= 0.6 is 11.8 Å². The lowest BCUT2D eigenvalue weighted by Crippen LogP contribution is -2.15. The fourth-order valence-electron chi connectivity index (χ4n) is 3.36. The molecule has 0 spiro atoms. The van der Waals surface area contributed by atoms with Crippen LogP contribution in [-0.2, 0) is 9.59 Å². The fourth-order valence-corrected chi connectivity index (χ4v) is 4.12. The number of methoxy groups -OCH3 is 2. The van der Waals surface area contributed by atoms with Crippen molar-refractivity contribution in [2.24, 2.45) is 0 Å². The molecule has 9 nitrogen and oxygen atoms in total. The third kappa shape index (κ3) is 5.64. The molecule has 3 aromatic rings. The number of anilines is 2. The molecule has 1 fully saturated rings. The molecule has 2 aromatic carbocycles. The third-order valence-corrected chi connectivity index (χ3v) is 5.92. The lowest BCUT2D eigenvalue weighted by Gasteiger charge is -2.12. The van der Waals surface area contributed by atoms with Crippen molar-refractivity contribution in [3.8, 4) is 17.2 Å². The Bertz CT molecular complexity index is 1150. The minimum Gasteiger partial charge on any atom is -0.497 e. The first kappa shape index (κ1) is 22.7. The Labute approximate surface area is 195 Å². The number of amides is 2. The van der Waals surface area contributed by atoms with E-state index in [9.17, 15) is 9.59 Å². The molecule has 33 heavy (non-hydrogen) atoms. The average molecular weight is 468 g/mol. The van der Waals surface area contributed by atoms with Gasteiger partial charge in [0.2, 0.25) is 11.8 Å². The van der Waals surface area contributed by atoms with Crippen molar-refractivity contribution in [1.82, 2.24) is 14.8 Å². The van der Waals surface area contributed by atoms with E-state index in [1.807, 2.05) is 28.8 Å². The molecular weight excluding hydrogens is 442 g/mol. The summed E-state index contributed by atoms with van der Waals surface area (Å²) in [5.41, 5.74) is 2.12. The van der Waals surface area contributed by atoms with Gasteiger partial charge in [0.15, 0.2) is 5.16 Å².